The highest BCUT2D eigenvalue weighted by molar-refractivity contribution is 7.12. The average Bonchev–Trinajstić information content (AvgIpc) is 3.55. The number of nitrogens with zero attached hydrogens (tertiary/aromatic N) is 1. The molecule has 166 valence electrons. The maximum atomic E-state index is 12.8. The van der Waals surface area contributed by atoms with Crippen LogP contribution in [0, 0.1) is 0 Å². The molecule has 6 nitrogen and oxygen atoms in total. The molecule has 2 heterocycles. The third kappa shape index (κ3) is 5.36. The summed E-state index contributed by atoms with van der Waals surface area (Å²) in [6, 6.07) is 18.8. The molecular weight excluding hydrogens is 422 g/mol. The van der Waals surface area contributed by atoms with Crippen molar-refractivity contribution >= 4 is 28.8 Å². The molecule has 4 rings (SSSR count). The van der Waals surface area contributed by atoms with E-state index in [0.717, 1.165) is 18.8 Å². The Morgan fingerprint density at radius 2 is 1.72 bits per heavy atom. The molecule has 1 fully saturated rings. The highest BCUT2D eigenvalue weighted by Crippen LogP contribution is 2.26. The number of carbonyl (C=O) groups is 2. The summed E-state index contributed by atoms with van der Waals surface area (Å²) in [4.78, 5) is 28.0. The number of hydrogen-bond acceptors (Lipinski definition) is 5. The molecule has 1 saturated heterocycles. The number of amides is 2. The van der Waals surface area contributed by atoms with Gasteiger partial charge >= 0.3 is 0 Å². The molecule has 1 aromatic heterocycles. The minimum absolute atomic E-state index is 0.122. The molecular formula is C25H27N3O3S. The molecule has 1 unspecified atom stereocenters. The van der Waals surface area contributed by atoms with Crippen molar-refractivity contribution in [3.8, 4) is 5.75 Å². The summed E-state index contributed by atoms with van der Waals surface area (Å²) in [5, 5.41) is 7.80. The zero-order valence-electron chi connectivity index (χ0n) is 18.0. The lowest BCUT2D eigenvalue weighted by Gasteiger charge is -2.28. The molecule has 0 radical (unpaired) electrons. The second-order valence-corrected chi connectivity index (χ2v) is 8.70. The van der Waals surface area contributed by atoms with E-state index in [4.69, 9.17) is 4.74 Å². The monoisotopic (exact) mass is 449 g/mol. The van der Waals surface area contributed by atoms with Gasteiger partial charge in [0.05, 0.1) is 18.0 Å². The van der Waals surface area contributed by atoms with Crippen LogP contribution in [-0.2, 0) is 0 Å². The van der Waals surface area contributed by atoms with Crippen molar-refractivity contribution in [2.24, 2.45) is 0 Å². The molecule has 2 aromatic carbocycles. The van der Waals surface area contributed by atoms with Crippen LogP contribution in [0.2, 0.25) is 0 Å². The first-order valence-corrected chi connectivity index (χ1v) is 11.6. The van der Waals surface area contributed by atoms with Crippen molar-refractivity contribution in [3.63, 3.8) is 0 Å². The zero-order chi connectivity index (χ0) is 22.3. The lowest BCUT2D eigenvalue weighted by molar-refractivity contribution is 0.0937. The van der Waals surface area contributed by atoms with E-state index in [2.05, 4.69) is 27.7 Å². The Morgan fingerprint density at radius 3 is 2.34 bits per heavy atom. The number of hydrogen-bond donors (Lipinski definition) is 2. The molecule has 32 heavy (non-hydrogen) atoms. The van der Waals surface area contributed by atoms with Gasteiger partial charge in [-0.2, -0.15) is 0 Å². The van der Waals surface area contributed by atoms with Gasteiger partial charge in [0.2, 0.25) is 0 Å². The molecule has 7 heteroatoms. The number of benzene rings is 2. The van der Waals surface area contributed by atoms with Crippen molar-refractivity contribution in [2.45, 2.75) is 18.9 Å². The van der Waals surface area contributed by atoms with Gasteiger partial charge in [-0.3, -0.25) is 14.5 Å². The minimum Gasteiger partial charge on any atom is -0.497 e. The van der Waals surface area contributed by atoms with Gasteiger partial charge in [0.25, 0.3) is 11.8 Å². The fourth-order valence-corrected chi connectivity index (χ4v) is 4.55. The molecule has 0 spiro atoms. The molecule has 1 atom stereocenters. The predicted molar refractivity (Wildman–Crippen MR) is 128 cm³/mol. The first kappa shape index (κ1) is 22.0. The Morgan fingerprint density at radius 1 is 1.00 bits per heavy atom. The maximum absolute atomic E-state index is 12.8. The lowest BCUT2D eigenvalue weighted by Crippen LogP contribution is -2.36. The quantitative estimate of drug-likeness (QED) is 0.528. The van der Waals surface area contributed by atoms with E-state index in [-0.39, 0.29) is 17.9 Å². The highest BCUT2D eigenvalue weighted by Gasteiger charge is 2.24. The second-order valence-electron chi connectivity index (χ2n) is 7.75. The van der Waals surface area contributed by atoms with Crippen LogP contribution >= 0.6 is 11.3 Å². The summed E-state index contributed by atoms with van der Waals surface area (Å²) in [5.74, 6) is 0.549. The fraction of sp³-hybridized carbons (Fsp3) is 0.280. The average molecular weight is 450 g/mol. The van der Waals surface area contributed by atoms with E-state index in [1.54, 1.807) is 37.4 Å². The first-order valence-electron chi connectivity index (χ1n) is 10.7. The highest BCUT2D eigenvalue weighted by atomic mass is 32.1. The van der Waals surface area contributed by atoms with Crippen molar-refractivity contribution in [3.05, 3.63) is 82.0 Å². The number of likely N-dealkylation sites (tertiary alicyclic amines) is 1. The summed E-state index contributed by atoms with van der Waals surface area (Å²) in [7, 11) is 1.66. The largest absolute Gasteiger partial charge is 0.497 e. The number of methoxy groups -OCH3 is 1. The number of anilines is 1. The topological polar surface area (TPSA) is 70.7 Å². The number of carbonyl (C=O) groups excluding carboxylic acids is 2. The molecule has 0 aliphatic carbocycles. The number of nitrogens with one attached hydrogen (secondary N) is 2. The fourth-order valence-electron chi connectivity index (χ4n) is 3.93. The normalized spacial score (nSPS) is 14.7. The van der Waals surface area contributed by atoms with Gasteiger partial charge in [0.1, 0.15) is 5.75 Å². The van der Waals surface area contributed by atoms with Gasteiger partial charge in [0.15, 0.2) is 0 Å². The van der Waals surface area contributed by atoms with E-state index in [1.165, 1.54) is 29.7 Å². The summed E-state index contributed by atoms with van der Waals surface area (Å²) in [5.41, 5.74) is 2.39. The smallest absolute Gasteiger partial charge is 0.265 e. The summed E-state index contributed by atoms with van der Waals surface area (Å²) in [6.07, 6.45) is 2.36. The van der Waals surface area contributed by atoms with Crippen molar-refractivity contribution in [2.75, 3.05) is 32.1 Å². The summed E-state index contributed by atoms with van der Waals surface area (Å²) in [6.45, 7) is 2.60. The Kier molecular flexibility index (Phi) is 7.19. The van der Waals surface area contributed by atoms with E-state index in [9.17, 15) is 9.59 Å². The van der Waals surface area contributed by atoms with E-state index in [1.807, 2.05) is 23.6 Å². The van der Waals surface area contributed by atoms with Crippen LogP contribution in [-0.4, -0.2) is 43.5 Å². The molecule has 3 aromatic rings. The van der Waals surface area contributed by atoms with Gasteiger partial charge in [-0.15, -0.1) is 11.3 Å². The van der Waals surface area contributed by atoms with Crippen LogP contribution in [0.1, 0.15) is 44.5 Å². The SMILES string of the molecule is COc1ccc(C(CNC(=O)c2ccc(NC(=O)c3cccs3)cc2)N2CCCC2)cc1. The van der Waals surface area contributed by atoms with Crippen LogP contribution in [0.3, 0.4) is 0 Å². The third-order valence-corrected chi connectivity index (χ3v) is 6.56. The lowest BCUT2D eigenvalue weighted by atomic mass is 10.0. The Labute approximate surface area is 192 Å². The maximum Gasteiger partial charge on any atom is 0.265 e. The molecule has 0 saturated carbocycles. The van der Waals surface area contributed by atoms with Crippen molar-refractivity contribution in [1.82, 2.24) is 10.2 Å². The zero-order valence-corrected chi connectivity index (χ0v) is 18.9. The van der Waals surface area contributed by atoms with Gasteiger partial charge < -0.3 is 15.4 Å². The Bertz CT molecular complexity index is 1030. The van der Waals surface area contributed by atoms with Crippen LogP contribution in [0.15, 0.2) is 66.0 Å². The van der Waals surface area contributed by atoms with Crippen LogP contribution in [0.5, 0.6) is 5.75 Å². The van der Waals surface area contributed by atoms with Gasteiger partial charge in [-0.05, 0) is 79.3 Å². The number of ether oxygens (including phenoxy) is 1. The van der Waals surface area contributed by atoms with Gasteiger partial charge in [-0.1, -0.05) is 18.2 Å². The molecule has 1 aliphatic rings. The standard InChI is InChI=1S/C25H27N3O3S/c1-31-21-12-8-18(9-13-21)22(28-14-2-3-15-28)17-26-24(29)19-6-10-20(11-7-19)27-25(30)23-5-4-16-32-23/h4-13,16,22H,2-3,14-15,17H2,1H3,(H,26,29)(H,27,30). The molecule has 2 N–H and O–H groups in total. The second kappa shape index (κ2) is 10.4. The molecule has 2 amide bonds. The summed E-state index contributed by atoms with van der Waals surface area (Å²) < 4.78 is 5.28. The Hall–Kier alpha value is -3.16. The number of thiophene rings is 1. The van der Waals surface area contributed by atoms with Crippen molar-refractivity contribution in [1.29, 1.82) is 0 Å². The molecule has 0 bridgehead atoms. The summed E-state index contributed by atoms with van der Waals surface area (Å²) >= 11 is 1.39. The van der Waals surface area contributed by atoms with Crippen LogP contribution in [0.4, 0.5) is 5.69 Å². The van der Waals surface area contributed by atoms with Gasteiger partial charge in [-0.25, -0.2) is 0 Å². The van der Waals surface area contributed by atoms with E-state index in [0.29, 0.717) is 22.7 Å². The Balaban J connectivity index is 1.38. The van der Waals surface area contributed by atoms with Crippen LogP contribution in [0.25, 0.3) is 0 Å². The van der Waals surface area contributed by atoms with E-state index < -0.39 is 0 Å². The van der Waals surface area contributed by atoms with E-state index >= 15 is 0 Å². The minimum atomic E-state index is -0.148. The number of rotatable bonds is 8. The predicted octanol–water partition coefficient (Wildman–Crippen LogP) is 4.58. The van der Waals surface area contributed by atoms with Crippen molar-refractivity contribution < 1.29 is 14.3 Å². The first-order chi connectivity index (χ1) is 15.6. The van der Waals surface area contributed by atoms with Gasteiger partial charge in [0, 0.05) is 17.8 Å². The third-order valence-electron chi connectivity index (χ3n) is 5.69. The van der Waals surface area contributed by atoms with Crippen LogP contribution < -0.4 is 15.4 Å². The molecule has 1 aliphatic heterocycles.